The standard InChI is InChI=1S/C20H36N4O6/c1-6-11(4)15(20(29)30)23-19(28)16(12(5)25)24-18(27)14(10(2)3)22-17(26)13-8-7-9-21-13/h10-16,21,25H,6-9H2,1-5H3,(H,22,26)(H,23,28)(H,24,27)(H,29,30). The summed E-state index contributed by atoms with van der Waals surface area (Å²) >= 11 is 0. The normalized spacial score (nSPS) is 21.2. The molecule has 172 valence electrons. The number of rotatable bonds is 11. The van der Waals surface area contributed by atoms with E-state index in [2.05, 4.69) is 21.3 Å². The van der Waals surface area contributed by atoms with Gasteiger partial charge >= 0.3 is 5.97 Å². The van der Waals surface area contributed by atoms with Crippen molar-refractivity contribution >= 4 is 23.7 Å². The number of hydrogen-bond donors (Lipinski definition) is 6. The van der Waals surface area contributed by atoms with Crippen LogP contribution in [0.15, 0.2) is 0 Å². The minimum Gasteiger partial charge on any atom is -0.480 e. The van der Waals surface area contributed by atoms with Crippen LogP contribution in [0.25, 0.3) is 0 Å². The van der Waals surface area contributed by atoms with Gasteiger partial charge in [-0.3, -0.25) is 14.4 Å². The van der Waals surface area contributed by atoms with Crippen LogP contribution in [0.4, 0.5) is 0 Å². The summed E-state index contributed by atoms with van der Waals surface area (Å²) in [6, 6.07) is -3.76. The number of carbonyl (C=O) groups excluding carboxylic acids is 3. The predicted octanol–water partition coefficient (Wildman–Crippen LogP) is -0.640. The van der Waals surface area contributed by atoms with Gasteiger partial charge in [-0.2, -0.15) is 0 Å². The van der Waals surface area contributed by atoms with E-state index in [1.54, 1.807) is 27.7 Å². The fourth-order valence-electron chi connectivity index (χ4n) is 3.27. The Morgan fingerprint density at radius 1 is 0.967 bits per heavy atom. The molecule has 0 aromatic carbocycles. The average Bonchev–Trinajstić information content (AvgIpc) is 3.21. The van der Waals surface area contributed by atoms with E-state index in [-0.39, 0.29) is 23.8 Å². The highest BCUT2D eigenvalue weighted by molar-refractivity contribution is 5.94. The van der Waals surface area contributed by atoms with Crippen LogP contribution < -0.4 is 21.3 Å². The summed E-state index contributed by atoms with van der Waals surface area (Å²) in [4.78, 5) is 49.3. The number of carboxylic acids is 1. The third-order valence-corrected chi connectivity index (χ3v) is 5.46. The summed E-state index contributed by atoms with van der Waals surface area (Å²) in [5.74, 6) is -3.49. The van der Waals surface area contributed by atoms with Gasteiger partial charge in [0, 0.05) is 0 Å². The Kier molecular flexibility index (Phi) is 10.2. The minimum absolute atomic E-state index is 0.264. The molecule has 0 radical (unpaired) electrons. The highest BCUT2D eigenvalue weighted by Crippen LogP contribution is 2.10. The Balaban J connectivity index is 2.87. The lowest BCUT2D eigenvalue weighted by molar-refractivity contribution is -0.144. The fraction of sp³-hybridized carbons (Fsp3) is 0.800. The van der Waals surface area contributed by atoms with Crippen molar-refractivity contribution in [3.63, 3.8) is 0 Å². The van der Waals surface area contributed by atoms with Crippen LogP contribution in [0.3, 0.4) is 0 Å². The lowest BCUT2D eigenvalue weighted by Crippen LogP contribution is -2.61. The molecule has 10 heteroatoms. The molecule has 0 bridgehead atoms. The molecular weight excluding hydrogens is 392 g/mol. The lowest BCUT2D eigenvalue weighted by atomic mass is 9.98. The summed E-state index contributed by atoms with van der Waals surface area (Å²) in [7, 11) is 0. The average molecular weight is 429 g/mol. The van der Waals surface area contributed by atoms with Crippen LogP contribution in [0.5, 0.6) is 0 Å². The molecule has 1 heterocycles. The highest BCUT2D eigenvalue weighted by Gasteiger charge is 2.35. The summed E-state index contributed by atoms with van der Waals surface area (Å²) in [6.45, 7) is 9.07. The Hall–Kier alpha value is -2.20. The zero-order chi connectivity index (χ0) is 23.0. The first-order valence-corrected chi connectivity index (χ1v) is 10.5. The molecule has 0 spiro atoms. The second-order valence-corrected chi connectivity index (χ2v) is 8.32. The largest absolute Gasteiger partial charge is 0.480 e. The summed E-state index contributed by atoms with van der Waals surface area (Å²) in [6.07, 6.45) is 0.824. The van der Waals surface area contributed by atoms with Crippen LogP contribution in [-0.2, 0) is 19.2 Å². The van der Waals surface area contributed by atoms with Crippen molar-refractivity contribution < 1.29 is 29.4 Å². The van der Waals surface area contributed by atoms with Crippen molar-refractivity contribution in [2.24, 2.45) is 11.8 Å². The highest BCUT2D eigenvalue weighted by atomic mass is 16.4. The number of amides is 3. The number of carboxylic acid groups (broad SMARTS) is 1. The van der Waals surface area contributed by atoms with E-state index in [1.807, 2.05) is 0 Å². The molecule has 1 aliphatic heterocycles. The molecule has 30 heavy (non-hydrogen) atoms. The molecule has 0 aliphatic carbocycles. The van der Waals surface area contributed by atoms with Gasteiger partial charge in [0.2, 0.25) is 17.7 Å². The number of aliphatic hydroxyl groups excluding tert-OH is 1. The Labute approximate surface area is 177 Å². The molecule has 1 aliphatic rings. The van der Waals surface area contributed by atoms with Gasteiger partial charge < -0.3 is 31.5 Å². The van der Waals surface area contributed by atoms with Crippen molar-refractivity contribution in [1.29, 1.82) is 0 Å². The van der Waals surface area contributed by atoms with Gasteiger partial charge in [0.1, 0.15) is 18.1 Å². The third kappa shape index (κ3) is 7.24. The molecule has 3 amide bonds. The minimum atomic E-state index is -1.36. The number of carbonyl (C=O) groups is 4. The summed E-state index contributed by atoms with van der Waals surface area (Å²) in [5, 5.41) is 30.0. The summed E-state index contributed by atoms with van der Waals surface area (Å²) < 4.78 is 0. The van der Waals surface area contributed by atoms with Crippen LogP contribution in [0.1, 0.15) is 53.9 Å². The first-order valence-electron chi connectivity index (χ1n) is 10.5. The zero-order valence-corrected chi connectivity index (χ0v) is 18.4. The van der Waals surface area contributed by atoms with Crippen molar-refractivity contribution in [3.8, 4) is 0 Å². The number of aliphatic hydroxyl groups is 1. The van der Waals surface area contributed by atoms with Crippen LogP contribution in [-0.4, -0.2) is 70.7 Å². The first-order chi connectivity index (χ1) is 14.0. The van der Waals surface area contributed by atoms with Crippen molar-refractivity contribution in [1.82, 2.24) is 21.3 Å². The fourth-order valence-corrected chi connectivity index (χ4v) is 3.27. The lowest BCUT2D eigenvalue weighted by Gasteiger charge is -2.29. The van der Waals surface area contributed by atoms with Crippen LogP contribution in [0.2, 0.25) is 0 Å². The Morgan fingerprint density at radius 3 is 1.97 bits per heavy atom. The zero-order valence-electron chi connectivity index (χ0n) is 18.4. The van der Waals surface area contributed by atoms with Crippen LogP contribution >= 0.6 is 0 Å². The monoisotopic (exact) mass is 428 g/mol. The van der Waals surface area contributed by atoms with Gasteiger partial charge in [-0.25, -0.2) is 4.79 Å². The molecule has 0 aromatic heterocycles. The second kappa shape index (κ2) is 11.8. The van der Waals surface area contributed by atoms with E-state index >= 15 is 0 Å². The molecule has 10 nitrogen and oxygen atoms in total. The maximum absolute atomic E-state index is 12.8. The van der Waals surface area contributed by atoms with Gasteiger partial charge in [-0.1, -0.05) is 34.1 Å². The second-order valence-electron chi connectivity index (χ2n) is 8.32. The smallest absolute Gasteiger partial charge is 0.326 e. The third-order valence-electron chi connectivity index (χ3n) is 5.46. The van der Waals surface area contributed by atoms with E-state index in [9.17, 15) is 29.4 Å². The Bertz CT molecular complexity index is 618. The molecule has 6 atom stereocenters. The van der Waals surface area contributed by atoms with Crippen LogP contribution in [0, 0.1) is 11.8 Å². The number of aliphatic carboxylic acids is 1. The van der Waals surface area contributed by atoms with E-state index in [1.165, 1.54) is 6.92 Å². The van der Waals surface area contributed by atoms with E-state index in [0.717, 1.165) is 13.0 Å². The topological polar surface area (TPSA) is 157 Å². The van der Waals surface area contributed by atoms with E-state index in [4.69, 9.17) is 0 Å². The molecule has 0 aromatic rings. The van der Waals surface area contributed by atoms with Gasteiger partial charge in [0.15, 0.2) is 0 Å². The first kappa shape index (κ1) is 25.8. The van der Waals surface area contributed by atoms with E-state index < -0.39 is 42.0 Å². The number of hydrogen-bond acceptors (Lipinski definition) is 6. The molecule has 1 fully saturated rings. The molecule has 6 N–H and O–H groups in total. The molecule has 1 rings (SSSR count). The van der Waals surface area contributed by atoms with Crippen molar-refractivity contribution in [2.45, 2.75) is 84.2 Å². The molecule has 0 saturated carbocycles. The van der Waals surface area contributed by atoms with Gasteiger partial charge in [-0.15, -0.1) is 0 Å². The Morgan fingerprint density at radius 2 is 1.53 bits per heavy atom. The molecular formula is C20H36N4O6. The SMILES string of the molecule is CCC(C)C(NC(=O)C(NC(=O)C(NC(=O)C1CCCN1)C(C)C)C(C)O)C(=O)O. The van der Waals surface area contributed by atoms with Gasteiger partial charge in [0.25, 0.3) is 0 Å². The van der Waals surface area contributed by atoms with Crippen molar-refractivity contribution in [2.75, 3.05) is 6.54 Å². The van der Waals surface area contributed by atoms with Gasteiger partial charge in [0.05, 0.1) is 12.1 Å². The molecule has 1 saturated heterocycles. The quantitative estimate of drug-likeness (QED) is 0.255. The summed E-state index contributed by atoms with van der Waals surface area (Å²) in [5.41, 5.74) is 0. The maximum Gasteiger partial charge on any atom is 0.326 e. The maximum atomic E-state index is 12.8. The van der Waals surface area contributed by atoms with E-state index in [0.29, 0.717) is 12.8 Å². The number of nitrogens with one attached hydrogen (secondary N) is 4. The predicted molar refractivity (Wildman–Crippen MR) is 110 cm³/mol. The molecule has 6 unspecified atom stereocenters. The van der Waals surface area contributed by atoms with Gasteiger partial charge in [-0.05, 0) is 38.1 Å². The van der Waals surface area contributed by atoms with Crippen molar-refractivity contribution in [3.05, 3.63) is 0 Å².